The first-order valence-corrected chi connectivity index (χ1v) is 5.14. The van der Waals surface area contributed by atoms with E-state index in [4.69, 9.17) is 15.2 Å². The normalized spacial score (nSPS) is 9.35. The second-order valence-corrected chi connectivity index (χ2v) is 3.40. The SMILES string of the molecule is COc1cccc(CCC(=O)CN)c1OC.Cl. The van der Waals surface area contributed by atoms with Gasteiger partial charge < -0.3 is 15.2 Å². The molecule has 5 heteroatoms. The first kappa shape index (κ1) is 15.7. The summed E-state index contributed by atoms with van der Waals surface area (Å²) in [5, 5.41) is 0. The first-order chi connectivity index (χ1) is 7.72. The van der Waals surface area contributed by atoms with Crippen LogP contribution in [0.3, 0.4) is 0 Å². The van der Waals surface area contributed by atoms with Crippen molar-refractivity contribution in [2.75, 3.05) is 20.8 Å². The van der Waals surface area contributed by atoms with Crippen LogP contribution in [0, 0.1) is 0 Å². The Kier molecular flexibility index (Phi) is 7.34. The number of carbonyl (C=O) groups is 1. The average molecular weight is 260 g/mol. The van der Waals surface area contributed by atoms with Gasteiger partial charge >= 0.3 is 0 Å². The molecule has 4 nitrogen and oxygen atoms in total. The molecule has 1 aromatic carbocycles. The number of ketones is 1. The quantitative estimate of drug-likeness (QED) is 0.843. The highest BCUT2D eigenvalue weighted by Gasteiger charge is 2.10. The molecule has 17 heavy (non-hydrogen) atoms. The van der Waals surface area contributed by atoms with Gasteiger partial charge in [-0.15, -0.1) is 12.4 Å². The van der Waals surface area contributed by atoms with E-state index in [1.807, 2.05) is 18.2 Å². The first-order valence-electron chi connectivity index (χ1n) is 5.14. The smallest absolute Gasteiger partial charge is 0.163 e. The topological polar surface area (TPSA) is 61.5 Å². The van der Waals surface area contributed by atoms with Gasteiger partial charge in [-0.05, 0) is 18.1 Å². The van der Waals surface area contributed by atoms with E-state index in [1.165, 1.54) is 0 Å². The molecule has 0 saturated carbocycles. The molecule has 0 fully saturated rings. The highest BCUT2D eigenvalue weighted by atomic mass is 35.5. The fourth-order valence-electron chi connectivity index (χ4n) is 1.53. The van der Waals surface area contributed by atoms with Crippen LogP contribution in [0.15, 0.2) is 18.2 Å². The van der Waals surface area contributed by atoms with Gasteiger partial charge in [0.2, 0.25) is 0 Å². The fourth-order valence-corrected chi connectivity index (χ4v) is 1.53. The minimum atomic E-state index is 0. The second-order valence-electron chi connectivity index (χ2n) is 3.40. The number of ether oxygens (including phenoxy) is 2. The minimum absolute atomic E-state index is 0. The van der Waals surface area contributed by atoms with E-state index in [9.17, 15) is 4.79 Å². The molecule has 0 aliphatic rings. The third-order valence-corrected chi connectivity index (χ3v) is 2.39. The van der Waals surface area contributed by atoms with E-state index >= 15 is 0 Å². The summed E-state index contributed by atoms with van der Waals surface area (Å²) < 4.78 is 10.4. The molecule has 96 valence electrons. The van der Waals surface area contributed by atoms with Crippen LogP contribution in [0.1, 0.15) is 12.0 Å². The van der Waals surface area contributed by atoms with Crippen LogP contribution < -0.4 is 15.2 Å². The van der Waals surface area contributed by atoms with Gasteiger partial charge in [-0.25, -0.2) is 0 Å². The molecule has 0 aliphatic heterocycles. The van der Waals surface area contributed by atoms with Crippen molar-refractivity contribution < 1.29 is 14.3 Å². The van der Waals surface area contributed by atoms with E-state index in [-0.39, 0.29) is 24.7 Å². The van der Waals surface area contributed by atoms with Gasteiger partial charge in [0.25, 0.3) is 0 Å². The van der Waals surface area contributed by atoms with Crippen molar-refractivity contribution in [3.63, 3.8) is 0 Å². The zero-order valence-corrected chi connectivity index (χ0v) is 10.9. The van der Waals surface area contributed by atoms with Crippen molar-refractivity contribution in [1.29, 1.82) is 0 Å². The molecular weight excluding hydrogens is 242 g/mol. The lowest BCUT2D eigenvalue weighted by molar-refractivity contribution is -0.117. The number of halogens is 1. The van der Waals surface area contributed by atoms with Crippen LogP contribution in [0.2, 0.25) is 0 Å². The summed E-state index contributed by atoms with van der Waals surface area (Å²) in [6.07, 6.45) is 1.05. The summed E-state index contributed by atoms with van der Waals surface area (Å²) in [5.41, 5.74) is 6.22. The van der Waals surface area contributed by atoms with E-state index in [2.05, 4.69) is 0 Å². The fraction of sp³-hybridized carbons (Fsp3) is 0.417. The Morgan fingerprint density at radius 3 is 2.53 bits per heavy atom. The number of benzene rings is 1. The zero-order chi connectivity index (χ0) is 12.0. The van der Waals surface area contributed by atoms with Gasteiger partial charge in [0, 0.05) is 6.42 Å². The standard InChI is InChI=1S/C12H17NO3.ClH/c1-15-11-5-3-4-9(12(11)16-2)6-7-10(14)8-13;/h3-5H,6-8,13H2,1-2H3;1H. The number of aryl methyl sites for hydroxylation is 1. The minimum Gasteiger partial charge on any atom is -0.493 e. The third kappa shape index (κ3) is 4.24. The molecule has 1 aromatic rings. The molecule has 0 bridgehead atoms. The molecule has 0 saturated heterocycles. The number of hydrogen-bond acceptors (Lipinski definition) is 4. The van der Waals surface area contributed by atoms with Crippen LogP contribution >= 0.6 is 12.4 Å². The summed E-state index contributed by atoms with van der Waals surface area (Å²) in [6.45, 7) is 0.0896. The van der Waals surface area contributed by atoms with Crippen molar-refractivity contribution in [1.82, 2.24) is 0 Å². The summed E-state index contributed by atoms with van der Waals surface area (Å²) >= 11 is 0. The second kappa shape index (κ2) is 7.92. The van der Waals surface area contributed by atoms with Crippen LogP contribution in [0.25, 0.3) is 0 Å². The molecule has 0 spiro atoms. The Morgan fingerprint density at radius 1 is 1.29 bits per heavy atom. The number of para-hydroxylation sites is 1. The number of Topliss-reactive ketones (excluding diaryl/α,β-unsaturated/α-hetero) is 1. The molecule has 0 aliphatic carbocycles. The summed E-state index contributed by atoms with van der Waals surface area (Å²) in [7, 11) is 3.18. The molecule has 0 heterocycles. The lowest BCUT2D eigenvalue weighted by Crippen LogP contribution is -2.14. The highest BCUT2D eigenvalue weighted by Crippen LogP contribution is 2.31. The maximum absolute atomic E-state index is 11.1. The average Bonchev–Trinajstić information content (AvgIpc) is 2.34. The van der Waals surface area contributed by atoms with Gasteiger partial charge in [0.1, 0.15) is 5.78 Å². The van der Waals surface area contributed by atoms with Crippen LogP contribution in [0.5, 0.6) is 11.5 Å². The summed E-state index contributed by atoms with van der Waals surface area (Å²) in [6, 6.07) is 5.63. The van der Waals surface area contributed by atoms with Gasteiger partial charge in [0.05, 0.1) is 20.8 Å². The van der Waals surface area contributed by atoms with Crippen molar-refractivity contribution in [3.05, 3.63) is 23.8 Å². The monoisotopic (exact) mass is 259 g/mol. The molecule has 0 amide bonds. The molecule has 2 N–H and O–H groups in total. The molecule has 0 atom stereocenters. The van der Waals surface area contributed by atoms with Crippen molar-refractivity contribution in [2.24, 2.45) is 5.73 Å². The molecule has 1 rings (SSSR count). The largest absolute Gasteiger partial charge is 0.493 e. The van der Waals surface area contributed by atoms with E-state index in [1.54, 1.807) is 14.2 Å². The number of nitrogens with two attached hydrogens (primary N) is 1. The number of carbonyl (C=O) groups excluding carboxylic acids is 1. The molecule has 0 unspecified atom stereocenters. The van der Waals surface area contributed by atoms with Gasteiger partial charge in [-0.1, -0.05) is 12.1 Å². The lowest BCUT2D eigenvalue weighted by Gasteiger charge is -2.11. The van der Waals surface area contributed by atoms with Crippen LogP contribution in [0.4, 0.5) is 0 Å². The molecular formula is C12H18ClNO3. The predicted octanol–water partition coefficient (Wildman–Crippen LogP) is 1.59. The summed E-state index contributed by atoms with van der Waals surface area (Å²) in [5.74, 6) is 1.42. The van der Waals surface area contributed by atoms with E-state index in [0.29, 0.717) is 24.3 Å². The van der Waals surface area contributed by atoms with Gasteiger partial charge in [0.15, 0.2) is 11.5 Å². The number of methoxy groups -OCH3 is 2. The van der Waals surface area contributed by atoms with Gasteiger partial charge in [-0.2, -0.15) is 0 Å². The Bertz CT molecular complexity index is 369. The van der Waals surface area contributed by atoms with Crippen molar-refractivity contribution in [3.8, 4) is 11.5 Å². The Labute approximate surface area is 108 Å². The number of rotatable bonds is 6. The summed E-state index contributed by atoms with van der Waals surface area (Å²) in [4.78, 5) is 11.1. The zero-order valence-electron chi connectivity index (χ0n) is 10.1. The number of hydrogen-bond donors (Lipinski definition) is 1. The van der Waals surface area contributed by atoms with Gasteiger partial charge in [-0.3, -0.25) is 4.79 Å². The third-order valence-electron chi connectivity index (χ3n) is 2.39. The van der Waals surface area contributed by atoms with E-state index in [0.717, 1.165) is 5.56 Å². The maximum Gasteiger partial charge on any atom is 0.163 e. The van der Waals surface area contributed by atoms with Crippen LogP contribution in [-0.4, -0.2) is 26.5 Å². The van der Waals surface area contributed by atoms with E-state index < -0.39 is 0 Å². The van der Waals surface area contributed by atoms with Crippen molar-refractivity contribution in [2.45, 2.75) is 12.8 Å². The van der Waals surface area contributed by atoms with Crippen molar-refractivity contribution >= 4 is 18.2 Å². The Morgan fingerprint density at radius 2 is 2.00 bits per heavy atom. The predicted molar refractivity (Wildman–Crippen MR) is 69.2 cm³/mol. The van der Waals surface area contributed by atoms with Crippen LogP contribution in [-0.2, 0) is 11.2 Å². The molecule has 0 aromatic heterocycles. The highest BCUT2D eigenvalue weighted by molar-refractivity contribution is 5.85. The Hall–Kier alpha value is -1.26. The Balaban J connectivity index is 0.00000256. The molecule has 0 radical (unpaired) electrons. The lowest BCUT2D eigenvalue weighted by atomic mass is 10.1. The maximum atomic E-state index is 11.1.